The van der Waals surface area contributed by atoms with Crippen LogP contribution in [0.4, 0.5) is 0 Å². The van der Waals surface area contributed by atoms with Gasteiger partial charge in [-0.05, 0) is 70.7 Å². The van der Waals surface area contributed by atoms with Crippen molar-refractivity contribution in [2.75, 3.05) is 0 Å². The lowest BCUT2D eigenvalue weighted by Crippen LogP contribution is -2.30. The number of fused-ring (bicyclic) bond motifs is 1. The van der Waals surface area contributed by atoms with E-state index in [1.807, 2.05) is 43.4 Å². The first-order valence-electron chi connectivity index (χ1n) is 17.4. The molecule has 0 amide bonds. The summed E-state index contributed by atoms with van der Waals surface area (Å²) in [4.78, 5) is 10.1. The molecule has 7 rings (SSSR count). The lowest BCUT2D eigenvalue weighted by molar-refractivity contribution is 0.757. The molecule has 1 heterocycles. The average Bonchev–Trinajstić information content (AvgIpc) is 3.31. The van der Waals surface area contributed by atoms with Crippen LogP contribution < -0.4 is 5.73 Å². The summed E-state index contributed by atoms with van der Waals surface area (Å²) < 4.78 is 0. The number of allylic oxidation sites excluding steroid dienone is 14. The van der Waals surface area contributed by atoms with Crippen LogP contribution in [0.2, 0.25) is 0 Å². The molecular formula is C48H41N3. The largest absolute Gasteiger partial charge is 0.404 e. The maximum atomic E-state index is 6.49. The molecule has 1 unspecified atom stereocenters. The molecule has 248 valence electrons. The SMILES string of the molecule is C=CC1=C(/C=C(\C)c2ccc(-c3cc(-c4ccccc4)nc(C4C=CC=CC=C4)n3)cc2)C(C(/C=C\C)=C/N)(c2ccccc2)c2ccccc21. The van der Waals surface area contributed by atoms with Gasteiger partial charge < -0.3 is 5.73 Å². The molecule has 4 aromatic carbocycles. The summed E-state index contributed by atoms with van der Waals surface area (Å²) in [5.74, 6) is 0.754. The number of nitrogens with zero attached hydrogens (tertiary/aromatic N) is 2. The van der Waals surface area contributed by atoms with E-state index in [0.717, 1.165) is 67.3 Å². The molecule has 0 aliphatic heterocycles. The Morgan fingerprint density at radius 3 is 1.98 bits per heavy atom. The van der Waals surface area contributed by atoms with Gasteiger partial charge in [-0.3, -0.25) is 0 Å². The van der Waals surface area contributed by atoms with Gasteiger partial charge in [-0.2, -0.15) is 0 Å². The average molecular weight is 660 g/mol. The van der Waals surface area contributed by atoms with Gasteiger partial charge in [0.15, 0.2) is 0 Å². The first-order valence-corrected chi connectivity index (χ1v) is 17.4. The van der Waals surface area contributed by atoms with Crippen LogP contribution in [0, 0.1) is 0 Å². The zero-order valence-electron chi connectivity index (χ0n) is 29.1. The maximum Gasteiger partial charge on any atom is 0.140 e. The zero-order chi connectivity index (χ0) is 35.2. The minimum Gasteiger partial charge on any atom is -0.404 e. The van der Waals surface area contributed by atoms with Gasteiger partial charge in [-0.15, -0.1) is 0 Å². The van der Waals surface area contributed by atoms with Crippen LogP contribution in [0.15, 0.2) is 200 Å². The summed E-state index contributed by atoms with van der Waals surface area (Å²) in [6.45, 7) is 8.52. The van der Waals surface area contributed by atoms with Crippen molar-refractivity contribution in [1.82, 2.24) is 9.97 Å². The Balaban J connectivity index is 1.34. The van der Waals surface area contributed by atoms with Crippen LogP contribution in [0.3, 0.4) is 0 Å². The second-order valence-corrected chi connectivity index (χ2v) is 12.8. The highest BCUT2D eigenvalue weighted by Crippen LogP contribution is 2.56. The van der Waals surface area contributed by atoms with Crippen molar-refractivity contribution in [2.45, 2.75) is 25.2 Å². The second-order valence-electron chi connectivity index (χ2n) is 12.8. The van der Waals surface area contributed by atoms with E-state index in [0.29, 0.717) is 0 Å². The van der Waals surface area contributed by atoms with Crippen molar-refractivity contribution in [2.24, 2.45) is 5.73 Å². The molecule has 0 saturated carbocycles. The van der Waals surface area contributed by atoms with Gasteiger partial charge in [-0.25, -0.2) is 9.97 Å². The predicted octanol–water partition coefficient (Wildman–Crippen LogP) is 11.3. The van der Waals surface area contributed by atoms with Crippen LogP contribution >= 0.6 is 0 Å². The van der Waals surface area contributed by atoms with E-state index < -0.39 is 5.41 Å². The Morgan fingerprint density at radius 2 is 1.35 bits per heavy atom. The topological polar surface area (TPSA) is 51.8 Å². The Bertz CT molecular complexity index is 2260. The van der Waals surface area contributed by atoms with Gasteiger partial charge in [0.05, 0.1) is 22.7 Å². The van der Waals surface area contributed by atoms with Crippen LogP contribution in [0.5, 0.6) is 0 Å². The van der Waals surface area contributed by atoms with Gasteiger partial charge in [0.2, 0.25) is 0 Å². The van der Waals surface area contributed by atoms with Gasteiger partial charge in [0, 0.05) is 11.1 Å². The minimum absolute atomic E-state index is 0.0189. The molecule has 0 saturated heterocycles. The first-order chi connectivity index (χ1) is 25.1. The molecule has 2 aliphatic rings. The zero-order valence-corrected chi connectivity index (χ0v) is 29.1. The van der Waals surface area contributed by atoms with Gasteiger partial charge in [0.1, 0.15) is 5.82 Å². The summed E-state index contributed by atoms with van der Waals surface area (Å²) in [6, 6.07) is 40.4. The van der Waals surface area contributed by atoms with Crippen molar-refractivity contribution < 1.29 is 0 Å². The van der Waals surface area contributed by atoms with E-state index in [1.165, 1.54) is 5.56 Å². The molecule has 1 atom stereocenters. The van der Waals surface area contributed by atoms with Gasteiger partial charge >= 0.3 is 0 Å². The van der Waals surface area contributed by atoms with Crippen molar-refractivity contribution in [1.29, 1.82) is 0 Å². The number of aromatic nitrogens is 2. The molecule has 0 bridgehead atoms. The molecule has 51 heavy (non-hydrogen) atoms. The van der Waals surface area contributed by atoms with E-state index in [1.54, 1.807) is 6.20 Å². The Hall–Kier alpha value is -6.32. The summed E-state index contributed by atoms with van der Waals surface area (Å²) in [5.41, 5.74) is 18.8. The van der Waals surface area contributed by atoms with E-state index >= 15 is 0 Å². The predicted molar refractivity (Wildman–Crippen MR) is 215 cm³/mol. The van der Waals surface area contributed by atoms with Crippen LogP contribution in [0.1, 0.15) is 47.8 Å². The van der Waals surface area contributed by atoms with Crippen LogP contribution in [-0.4, -0.2) is 9.97 Å². The fourth-order valence-corrected chi connectivity index (χ4v) is 7.36. The van der Waals surface area contributed by atoms with Crippen molar-refractivity contribution in [3.05, 3.63) is 228 Å². The smallest absolute Gasteiger partial charge is 0.140 e. The number of benzene rings is 4. The second kappa shape index (κ2) is 14.7. The quantitative estimate of drug-likeness (QED) is 0.160. The Labute approximate surface area is 301 Å². The van der Waals surface area contributed by atoms with Gasteiger partial charge in [-0.1, -0.05) is 177 Å². The van der Waals surface area contributed by atoms with Crippen LogP contribution in [0.25, 0.3) is 33.7 Å². The maximum absolute atomic E-state index is 6.49. The molecule has 5 aromatic rings. The first kappa shape index (κ1) is 33.2. The number of rotatable bonds is 9. The summed E-state index contributed by atoms with van der Waals surface area (Å²) in [7, 11) is 0. The minimum atomic E-state index is -0.620. The molecule has 2 N–H and O–H groups in total. The van der Waals surface area contributed by atoms with Crippen molar-refractivity contribution in [3.63, 3.8) is 0 Å². The number of hydrogen-bond donors (Lipinski definition) is 1. The number of nitrogens with two attached hydrogens (primary N) is 1. The molecule has 2 aliphatic carbocycles. The Kier molecular flexibility index (Phi) is 9.54. The summed E-state index contributed by atoms with van der Waals surface area (Å²) in [5, 5.41) is 0. The third kappa shape index (κ3) is 6.19. The van der Waals surface area contributed by atoms with E-state index in [4.69, 9.17) is 15.7 Å². The van der Waals surface area contributed by atoms with E-state index in [9.17, 15) is 0 Å². The lowest BCUT2D eigenvalue weighted by Gasteiger charge is -2.35. The van der Waals surface area contributed by atoms with E-state index in [2.05, 4.69) is 153 Å². The summed E-state index contributed by atoms with van der Waals surface area (Å²) >= 11 is 0. The molecule has 1 aromatic heterocycles. The third-order valence-corrected chi connectivity index (χ3v) is 9.76. The fraction of sp³-hybridized carbons (Fsp3) is 0.0833. The molecular weight excluding hydrogens is 619 g/mol. The monoisotopic (exact) mass is 659 g/mol. The third-order valence-electron chi connectivity index (χ3n) is 9.76. The van der Waals surface area contributed by atoms with Crippen LogP contribution in [-0.2, 0) is 5.41 Å². The molecule has 3 nitrogen and oxygen atoms in total. The standard InChI is InChI=1S/C48H41N3/c1-4-18-40(33-49)48(39-23-14-9-15-24-39)43-26-17-16-25-42(43)41(5-2)44(48)31-34(3)35-27-29-37(30-28-35)46-32-45(36-19-12-8-13-20-36)50-47(51-46)38-21-10-6-7-11-22-38/h4-33,38H,2,49H2,1,3H3/b18-4-,34-31+,40-33+. The molecule has 0 fully saturated rings. The highest BCUT2D eigenvalue weighted by Gasteiger charge is 2.47. The highest BCUT2D eigenvalue weighted by atomic mass is 14.9. The van der Waals surface area contributed by atoms with Crippen molar-refractivity contribution in [3.8, 4) is 22.5 Å². The molecule has 3 heteroatoms. The highest BCUT2D eigenvalue weighted by molar-refractivity contribution is 5.93. The van der Waals surface area contributed by atoms with Gasteiger partial charge in [0.25, 0.3) is 0 Å². The fourth-order valence-electron chi connectivity index (χ4n) is 7.36. The molecule has 0 spiro atoms. The van der Waals surface area contributed by atoms with E-state index in [-0.39, 0.29) is 5.92 Å². The normalized spacial score (nSPS) is 17.6. The molecule has 0 radical (unpaired) electrons. The Morgan fingerprint density at radius 1 is 0.745 bits per heavy atom. The summed E-state index contributed by atoms with van der Waals surface area (Å²) in [6.07, 6.45) is 22.7. The number of hydrogen-bond acceptors (Lipinski definition) is 3. The van der Waals surface area contributed by atoms with Crippen molar-refractivity contribution >= 4 is 11.1 Å². The lowest BCUT2D eigenvalue weighted by atomic mass is 9.66.